The Morgan fingerprint density at radius 3 is 2.50 bits per heavy atom. The highest BCUT2D eigenvalue weighted by Gasteiger charge is 2.23. The Morgan fingerprint density at radius 1 is 1.44 bits per heavy atom. The normalized spacial score (nSPS) is 10.0. The molecule has 90 valence electrons. The van der Waals surface area contributed by atoms with Crippen LogP contribution in [0.15, 0.2) is 24.3 Å². The van der Waals surface area contributed by atoms with Crippen molar-refractivity contribution in [2.24, 2.45) is 0 Å². The van der Waals surface area contributed by atoms with Gasteiger partial charge in [0.15, 0.2) is 0 Å². The van der Waals surface area contributed by atoms with Crippen molar-refractivity contribution in [1.29, 1.82) is 5.26 Å². The maximum absolute atomic E-state index is 10.8. The third-order valence-electron chi connectivity index (χ3n) is 2.49. The van der Waals surface area contributed by atoms with Gasteiger partial charge in [-0.25, -0.2) is 4.68 Å². The number of benzene rings is 1. The highest BCUT2D eigenvalue weighted by atomic mass is 16.6. The van der Waals surface area contributed by atoms with Gasteiger partial charge in [-0.1, -0.05) is 0 Å². The van der Waals surface area contributed by atoms with Crippen molar-refractivity contribution in [3.05, 3.63) is 45.6 Å². The van der Waals surface area contributed by atoms with Crippen molar-refractivity contribution in [3.8, 4) is 11.8 Å². The van der Waals surface area contributed by atoms with Gasteiger partial charge in [-0.3, -0.25) is 10.1 Å². The summed E-state index contributed by atoms with van der Waals surface area (Å²) in [6.07, 6.45) is 0. The highest BCUT2D eigenvalue weighted by Crippen LogP contribution is 2.27. The summed E-state index contributed by atoms with van der Waals surface area (Å²) in [7, 11) is 0. The zero-order chi connectivity index (χ0) is 13.3. The van der Waals surface area contributed by atoms with Crippen molar-refractivity contribution in [2.45, 2.75) is 6.92 Å². The zero-order valence-corrected chi connectivity index (χ0v) is 9.49. The number of aryl methyl sites for hydroxylation is 1. The number of nitrogen functional groups attached to an aromatic ring is 1. The maximum atomic E-state index is 10.8. The van der Waals surface area contributed by atoms with E-state index in [0.29, 0.717) is 11.3 Å². The van der Waals surface area contributed by atoms with Crippen LogP contribution in [0.5, 0.6) is 0 Å². The number of nitrogens with zero attached hydrogens (tertiary/aromatic N) is 4. The van der Waals surface area contributed by atoms with Crippen LogP contribution < -0.4 is 5.73 Å². The molecule has 0 amide bonds. The first-order chi connectivity index (χ1) is 8.54. The second-order valence-electron chi connectivity index (χ2n) is 3.65. The molecule has 7 heteroatoms. The lowest BCUT2D eigenvalue weighted by molar-refractivity contribution is -0.384. The molecule has 2 aromatic rings. The smallest absolute Gasteiger partial charge is 0.333 e. The average molecular weight is 243 g/mol. The molecule has 1 aromatic carbocycles. The predicted molar refractivity (Wildman–Crippen MR) is 64.1 cm³/mol. The zero-order valence-electron chi connectivity index (χ0n) is 9.49. The second-order valence-corrected chi connectivity index (χ2v) is 3.65. The summed E-state index contributed by atoms with van der Waals surface area (Å²) >= 11 is 0. The van der Waals surface area contributed by atoms with Crippen LogP contribution in [-0.4, -0.2) is 14.7 Å². The van der Waals surface area contributed by atoms with Crippen LogP contribution in [0.4, 0.5) is 11.5 Å². The standard InChI is InChI=1S/C11H9N5O2/c1-7-10(16(17)18)11(13)15(14-7)9-4-2-8(6-12)3-5-9/h2-5H,13H2,1H3. The Bertz CT molecular complexity index is 651. The largest absolute Gasteiger partial charge is 0.378 e. The average Bonchev–Trinajstić information content (AvgIpc) is 2.65. The number of nitriles is 1. The summed E-state index contributed by atoms with van der Waals surface area (Å²) in [6, 6.07) is 8.44. The number of hydrogen-bond acceptors (Lipinski definition) is 5. The maximum Gasteiger partial charge on any atom is 0.333 e. The van der Waals surface area contributed by atoms with Crippen molar-refractivity contribution in [1.82, 2.24) is 9.78 Å². The molecule has 0 fully saturated rings. The van der Waals surface area contributed by atoms with E-state index in [0.717, 1.165) is 0 Å². The third kappa shape index (κ3) is 1.76. The van der Waals surface area contributed by atoms with E-state index < -0.39 is 4.92 Å². The number of nitro groups is 1. The molecule has 7 nitrogen and oxygen atoms in total. The van der Waals surface area contributed by atoms with E-state index in [4.69, 9.17) is 11.0 Å². The van der Waals surface area contributed by atoms with Crippen molar-refractivity contribution in [3.63, 3.8) is 0 Å². The third-order valence-corrected chi connectivity index (χ3v) is 2.49. The molecule has 1 heterocycles. The Balaban J connectivity index is 2.55. The van der Waals surface area contributed by atoms with Crippen LogP contribution in [-0.2, 0) is 0 Å². The number of rotatable bonds is 2. The lowest BCUT2D eigenvalue weighted by Crippen LogP contribution is -2.03. The molecule has 0 radical (unpaired) electrons. The first-order valence-corrected chi connectivity index (χ1v) is 5.04. The van der Waals surface area contributed by atoms with Gasteiger partial charge in [-0.05, 0) is 31.2 Å². The quantitative estimate of drug-likeness (QED) is 0.635. The van der Waals surface area contributed by atoms with Gasteiger partial charge in [0, 0.05) is 0 Å². The van der Waals surface area contributed by atoms with Crippen LogP contribution in [0.25, 0.3) is 5.69 Å². The molecule has 18 heavy (non-hydrogen) atoms. The summed E-state index contributed by atoms with van der Waals surface area (Å²) in [6.45, 7) is 1.52. The first kappa shape index (κ1) is 11.6. The molecule has 0 unspecified atom stereocenters. The molecule has 0 aliphatic rings. The molecule has 0 aliphatic heterocycles. The van der Waals surface area contributed by atoms with Crippen LogP contribution in [0.2, 0.25) is 0 Å². The fourth-order valence-electron chi connectivity index (χ4n) is 1.64. The minimum Gasteiger partial charge on any atom is -0.378 e. The Hall–Kier alpha value is -2.88. The van der Waals surface area contributed by atoms with Gasteiger partial charge in [0.25, 0.3) is 0 Å². The molecule has 1 aromatic heterocycles. The number of nitrogens with two attached hydrogens (primary N) is 1. The van der Waals surface area contributed by atoms with E-state index in [1.165, 1.54) is 11.6 Å². The number of anilines is 1. The predicted octanol–water partition coefficient (Wildman–Crippen LogP) is 1.54. The summed E-state index contributed by atoms with van der Waals surface area (Å²) in [4.78, 5) is 10.3. The molecule has 0 atom stereocenters. The second kappa shape index (κ2) is 4.18. The minimum absolute atomic E-state index is 0.0257. The van der Waals surface area contributed by atoms with E-state index in [2.05, 4.69) is 5.10 Å². The van der Waals surface area contributed by atoms with E-state index in [1.54, 1.807) is 24.3 Å². The van der Waals surface area contributed by atoms with E-state index in [-0.39, 0.29) is 17.2 Å². The molecule has 0 saturated heterocycles. The lowest BCUT2D eigenvalue weighted by atomic mass is 10.2. The van der Waals surface area contributed by atoms with Crippen molar-refractivity contribution < 1.29 is 4.92 Å². The van der Waals surface area contributed by atoms with Gasteiger partial charge in [0.2, 0.25) is 5.82 Å². The Kier molecular flexibility index (Phi) is 2.69. The monoisotopic (exact) mass is 243 g/mol. The SMILES string of the molecule is Cc1nn(-c2ccc(C#N)cc2)c(N)c1[N+](=O)[O-]. The van der Waals surface area contributed by atoms with Gasteiger partial charge in [-0.15, -0.1) is 0 Å². The van der Waals surface area contributed by atoms with Crippen LogP contribution in [0.3, 0.4) is 0 Å². The summed E-state index contributed by atoms with van der Waals surface area (Å²) in [5, 5.41) is 23.5. The first-order valence-electron chi connectivity index (χ1n) is 5.04. The lowest BCUT2D eigenvalue weighted by Gasteiger charge is -2.02. The Morgan fingerprint density at radius 2 is 2.06 bits per heavy atom. The molecule has 0 bridgehead atoms. The van der Waals surface area contributed by atoms with E-state index in [1.807, 2.05) is 6.07 Å². The van der Waals surface area contributed by atoms with Gasteiger partial charge < -0.3 is 5.73 Å². The van der Waals surface area contributed by atoms with Gasteiger partial charge >= 0.3 is 5.69 Å². The summed E-state index contributed by atoms with van der Waals surface area (Å²) in [5.74, 6) is -0.0257. The topological polar surface area (TPSA) is 111 Å². The molecule has 0 spiro atoms. The molecule has 0 saturated carbocycles. The summed E-state index contributed by atoms with van der Waals surface area (Å²) in [5.41, 5.74) is 6.83. The molecule has 2 rings (SSSR count). The van der Waals surface area contributed by atoms with Crippen LogP contribution >= 0.6 is 0 Å². The van der Waals surface area contributed by atoms with Gasteiger partial charge in [0.05, 0.1) is 22.2 Å². The van der Waals surface area contributed by atoms with E-state index in [9.17, 15) is 10.1 Å². The molecule has 0 aliphatic carbocycles. The fraction of sp³-hybridized carbons (Fsp3) is 0.0909. The molecular formula is C11H9N5O2. The Labute approximate surface area is 102 Å². The highest BCUT2D eigenvalue weighted by molar-refractivity contribution is 5.60. The van der Waals surface area contributed by atoms with Crippen LogP contribution in [0.1, 0.15) is 11.3 Å². The number of hydrogen-bond donors (Lipinski definition) is 1. The van der Waals surface area contributed by atoms with Gasteiger partial charge in [-0.2, -0.15) is 10.4 Å². The van der Waals surface area contributed by atoms with Gasteiger partial charge in [0.1, 0.15) is 5.69 Å². The minimum atomic E-state index is -0.558. The molecule has 2 N–H and O–H groups in total. The van der Waals surface area contributed by atoms with Crippen molar-refractivity contribution >= 4 is 11.5 Å². The molecular weight excluding hydrogens is 234 g/mol. The summed E-state index contributed by atoms with van der Waals surface area (Å²) < 4.78 is 1.29. The van der Waals surface area contributed by atoms with Crippen LogP contribution in [0, 0.1) is 28.4 Å². The number of aromatic nitrogens is 2. The van der Waals surface area contributed by atoms with E-state index >= 15 is 0 Å². The van der Waals surface area contributed by atoms with Crippen molar-refractivity contribution in [2.75, 3.05) is 5.73 Å². The fourth-order valence-corrected chi connectivity index (χ4v) is 1.64.